The molecule has 0 bridgehead atoms. The number of ether oxygens (including phenoxy) is 2. The molecule has 1 aliphatic rings. The molecule has 0 aromatic carbocycles. The average molecular weight is 257 g/mol. The Morgan fingerprint density at radius 1 is 1.28 bits per heavy atom. The quantitative estimate of drug-likeness (QED) is 0.725. The molecule has 4 unspecified atom stereocenters. The molecule has 0 heterocycles. The lowest BCUT2D eigenvalue weighted by Crippen LogP contribution is -2.45. The Bertz CT molecular complexity index is 211. The van der Waals surface area contributed by atoms with Crippen molar-refractivity contribution in [1.29, 1.82) is 0 Å². The summed E-state index contributed by atoms with van der Waals surface area (Å²) in [6.45, 7) is 7.90. The van der Waals surface area contributed by atoms with Gasteiger partial charge in [-0.3, -0.25) is 0 Å². The second-order valence-electron chi connectivity index (χ2n) is 5.51. The van der Waals surface area contributed by atoms with Crippen LogP contribution in [0.3, 0.4) is 0 Å². The molecular formula is C15H31NO2. The summed E-state index contributed by atoms with van der Waals surface area (Å²) in [6.07, 6.45) is 6.98. The van der Waals surface area contributed by atoms with Gasteiger partial charge < -0.3 is 14.8 Å². The van der Waals surface area contributed by atoms with Crippen LogP contribution in [0.25, 0.3) is 0 Å². The van der Waals surface area contributed by atoms with E-state index < -0.39 is 0 Å². The van der Waals surface area contributed by atoms with E-state index in [9.17, 15) is 0 Å². The molecule has 1 saturated carbocycles. The Labute approximate surface area is 113 Å². The minimum absolute atomic E-state index is 0.200. The van der Waals surface area contributed by atoms with Gasteiger partial charge in [-0.2, -0.15) is 0 Å². The average Bonchev–Trinajstić information content (AvgIpc) is 2.37. The first-order valence-electron chi connectivity index (χ1n) is 7.61. The molecule has 4 atom stereocenters. The van der Waals surface area contributed by atoms with Crippen molar-refractivity contribution in [3.63, 3.8) is 0 Å². The highest BCUT2D eigenvalue weighted by atomic mass is 16.5. The number of hydrogen-bond acceptors (Lipinski definition) is 3. The summed E-state index contributed by atoms with van der Waals surface area (Å²) in [6, 6.07) is 0.516. The van der Waals surface area contributed by atoms with Crippen molar-refractivity contribution in [1.82, 2.24) is 5.32 Å². The number of likely N-dealkylation sites (N-methyl/N-ethyl adjacent to an activating group) is 1. The maximum absolute atomic E-state index is 6.19. The maximum atomic E-state index is 6.19. The Morgan fingerprint density at radius 3 is 2.67 bits per heavy atom. The van der Waals surface area contributed by atoms with Crippen molar-refractivity contribution >= 4 is 0 Å². The van der Waals surface area contributed by atoms with Crippen molar-refractivity contribution < 1.29 is 9.47 Å². The third-order valence-electron chi connectivity index (χ3n) is 3.93. The predicted octanol–water partition coefficient (Wildman–Crippen LogP) is 2.98. The molecule has 1 rings (SSSR count). The van der Waals surface area contributed by atoms with E-state index in [2.05, 4.69) is 19.2 Å². The van der Waals surface area contributed by atoms with Crippen molar-refractivity contribution in [2.45, 2.75) is 71.1 Å². The highest BCUT2D eigenvalue weighted by Crippen LogP contribution is 2.30. The van der Waals surface area contributed by atoms with Gasteiger partial charge in [0.05, 0.1) is 18.8 Å². The van der Waals surface area contributed by atoms with Gasteiger partial charge in [-0.1, -0.05) is 19.8 Å². The van der Waals surface area contributed by atoms with Crippen molar-refractivity contribution in [2.75, 3.05) is 20.3 Å². The zero-order valence-electron chi connectivity index (χ0n) is 12.6. The molecule has 0 radical (unpaired) electrons. The topological polar surface area (TPSA) is 30.5 Å². The van der Waals surface area contributed by atoms with Gasteiger partial charge in [0.1, 0.15) is 0 Å². The summed E-state index contributed by atoms with van der Waals surface area (Å²) >= 11 is 0. The first-order chi connectivity index (χ1) is 8.71. The number of hydrogen-bond donors (Lipinski definition) is 1. The van der Waals surface area contributed by atoms with E-state index in [1.807, 2.05) is 14.0 Å². The summed E-state index contributed by atoms with van der Waals surface area (Å²) in [7, 11) is 2.05. The van der Waals surface area contributed by atoms with Crippen LogP contribution in [-0.4, -0.2) is 38.5 Å². The lowest BCUT2D eigenvalue weighted by Gasteiger charge is -2.37. The Kier molecular flexibility index (Phi) is 7.87. The molecule has 3 nitrogen and oxygen atoms in total. The molecule has 1 fully saturated rings. The van der Waals surface area contributed by atoms with E-state index in [4.69, 9.17) is 9.47 Å². The van der Waals surface area contributed by atoms with Crippen LogP contribution in [0.4, 0.5) is 0 Å². The normalized spacial score (nSPS) is 30.3. The van der Waals surface area contributed by atoms with E-state index in [0.717, 1.165) is 12.5 Å². The van der Waals surface area contributed by atoms with Gasteiger partial charge >= 0.3 is 0 Å². The second-order valence-corrected chi connectivity index (χ2v) is 5.51. The standard InChI is InChI=1S/C15H31NO2/c1-5-7-13-8-9-14(16-4)15(10-13)18-12(3)11-17-6-2/h12-16H,5-11H2,1-4H3. The Morgan fingerprint density at radius 2 is 2.06 bits per heavy atom. The molecule has 0 aromatic heterocycles. The predicted molar refractivity (Wildman–Crippen MR) is 75.9 cm³/mol. The van der Waals surface area contributed by atoms with Gasteiger partial charge in [0.25, 0.3) is 0 Å². The summed E-state index contributed by atoms with van der Waals surface area (Å²) < 4.78 is 11.6. The molecule has 1 N–H and O–H groups in total. The SMILES string of the molecule is CCCC1CCC(NC)C(OC(C)COCC)C1. The molecule has 0 spiro atoms. The fourth-order valence-corrected chi connectivity index (χ4v) is 2.98. The first kappa shape index (κ1) is 15.9. The van der Waals surface area contributed by atoms with E-state index >= 15 is 0 Å². The van der Waals surface area contributed by atoms with Gasteiger partial charge in [0.15, 0.2) is 0 Å². The van der Waals surface area contributed by atoms with E-state index in [1.165, 1.54) is 32.1 Å². The minimum atomic E-state index is 0.200. The highest BCUT2D eigenvalue weighted by Gasteiger charge is 2.30. The van der Waals surface area contributed by atoms with Crippen LogP contribution in [0.15, 0.2) is 0 Å². The number of nitrogens with one attached hydrogen (secondary N) is 1. The van der Waals surface area contributed by atoms with E-state index in [1.54, 1.807) is 0 Å². The van der Waals surface area contributed by atoms with Crippen molar-refractivity contribution in [3.05, 3.63) is 0 Å². The molecule has 0 saturated heterocycles. The molecule has 3 heteroatoms. The fourth-order valence-electron chi connectivity index (χ4n) is 2.98. The highest BCUT2D eigenvalue weighted by molar-refractivity contribution is 4.85. The summed E-state index contributed by atoms with van der Waals surface area (Å²) in [5, 5.41) is 3.41. The zero-order valence-corrected chi connectivity index (χ0v) is 12.6. The molecule has 0 amide bonds. The fraction of sp³-hybridized carbons (Fsp3) is 1.00. The van der Waals surface area contributed by atoms with Gasteiger partial charge in [0.2, 0.25) is 0 Å². The third-order valence-corrected chi connectivity index (χ3v) is 3.93. The van der Waals surface area contributed by atoms with E-state index in [-0.39, 0.29) is 6.10 Å². The summed E-state index contributed by atoms with van der Waals surface area (Å²) in [5.74, 6) is 0.851. The third kappa shape index (κ3) is 5.25. The number of rotatable bonds is 8. The van der Waals surface area contributed by atoms with Gasteiger partial charge in [0, 0.05) is 12.6 Å². The first-order valence-corrected chi connectivity index (χ1v) is 7.61. The minimum Gasteiger partial charge on any atom is -0.379 e. The summed E-state index contributed by atoms with van der Waals surface area (Å²) in [4.78, 5) is 0. The summed E-state index contributed by atoms with van der Waals surface area (Å²) in [5.41, 5.74) is 0. The monoisotopic (exact) mass is 257 g/mol. The van der Waals surface area contributed by atoms with Crippen LogP contribution in [0.1, 0.15) is 52.9 Å². The van der Waals surface area contributed by atoms with Crippen LogP contribution >= 0.6 is 0 Å². The van der Waals surface area contributed by atoms with Crippen LogP contribution in [0.5, 0.6) is 0 Å². The van der Waals surface area contributed by atoms with Crippen LogP contribution in [-0.2, 0) is 9.47 Å². The zero-order chi connectivity index (χ0) is 13.4. The molecule has 0 aliphatic heterocycles. The molecule has 18 heavy (non-hydrogen) atoms. The van der Waals surface area contributed by atoms with Crippen molar-refractivity contribution in [3.8, 4) is 0 Å². The lowest BCUT2D eigenvalue weighted by molar-refractivity contribution is -0.0782. The maximum Gasteiger partial charge on any atom is 0.0785 e. The van der Waals surface area contributed by atoms with Crippen LogP contribution in [0, 0.1) is 5.92 Å². The largest absolute Gasteiger partial charge is 0.379 e. The van der Waals surface area contributed by atoms with E-state index in [0.29, 0.717) is 18.8 Å². The second kappa shape index (κ2) is 8.89. The van der Waals surface area contributed by atoms with Crippen LogP contribution in [0.2, 0.25) is 0 Å². The smallest absolute Gasteiger partial charge is 0.0785 e. The molecule has 108 valence electrons. The Balaban J connectivity index is 2.41. The van der Waals surface area contributed by atoms with Crippen LogP contribution < -0.4 is 5.32 Å². The lowest BCUT2D eigenvalue weighted by atomic mass is 9.81. The van der Waals surface area contributed by atoms with Gasteiger partial charge in [-0.15, -0.1) is 0 Å². The van der Waals surface area contributed by atoms with Gasteiger partial charge in [-0.25, -0.2) is 0 Å². The van der Waals surface area contributed by atoms with Crippen molar-refractivity contribution in [2.24, 2.45) is 5.92 Å². The Hall–Kier alpha value is -0.120. The molecule has 1 aliphatic carbocycles. The molecular weight excluding hydrogens is 226 g/mol. The van der Waals surface area contributed by atoms with Gasteiger partial charge in [-0.05, 0) is 46.1 Å². The molecule has 0 aromatic rings.